The van der Waals surface area contributed by atoms with Crippen LogP contribution in [0, 0.1) is 0 Å². The molecule has 0 radical (unpaired) electrons. The summed E-state index contributed by atoms with van der Waals surface area (Å²) in [5, 5.41) is 4.86. The maximum atomic E-state index is 11.9. The van der Waals surface area contributed by atoms with Crippen molar-refractivity contribution in [2.45, 2.75) is 12.5 Å². The molecule has 0 saturated carbocycles. The van der Waals surface area contributed by atoms with E-state index in [4.69, 9.17) is 0 Å². The molecule has 0 aliphatic heterocycles. The summed E-state index contributed by atoms with van der Waals surface area (Å²) >= 11 is 0. The van der Waals surface area contributed by atoms with Crippen LogP contribution in [-0.2, 0) is 14.3 Å². The molecule has 2 N–H and O–H groups in total. The first kappa shape index (κ1) is 14.7. The van der Waals surface area contributed by atoms with Gasteiger partial charge in [-0.2, -0.15) is 0 Å². The Morgan fingerprint density at radius 1 is 1.21 bits per heavy atom. The fourth-order valence-corrected chi connectivity index (χ4v) is 1.45. The molecule has 19 heavy (non-hydrogen) atoms. The van der Waals surface area contributed by atoms with E-state index in [0.29, 0.717) is 5.56 Å². The van der Waals surface area contributed by atoms with Crippen LogP contribution in [0.3, 0.4) is 0 Å². The second kappa shape index (κ2) is 7.15. The van der Waals surface area contributed by atoms with Crippen molar-refractivity contribution in [3.05, 3.63) is 35.9 Å². The average molecular weight is 264 g/mol. The summed E-state index contributed by atoms with van der Waals surface area (Å²) in [5.74, 6) is -1.45. The SMILES string of the molecule is CNC(=O)C[C@@H](NC(=O)c1ccccc1)C(=O)OC. The predicted octanol–water partition coefficient (Wildman–Crippen LogP) is 0.0941. The second-order valence-electron chi connectivity index (χ2n) is 3.79. The van der Waals surface area contributed by atoms with E-state index in [1.165, 1.54) is 14.2 Å². The van der Waals surface area contributed by atoms with Crippen molar-refractivity contribution in [3.63, 3.8) is 0 Å². The summed E-state index contributed by atoms with van der Waals surface area (Å²) in [6.45, 7) is 0. The molecule has 2 amide bonds. The zero-order valence-electron chi connectivity index (χ0n) is 10.8. The molecule has 102 valence electrons. The molecular formula is C13H16N2O4. The van der Waals surface area contributed by atoms with Gasteiger partial charge in [-0.25, -0.2) is 4.79 Å². The Kier molecular flexibility index (Phi) is 5.53. The van der Waals surface area contributed by atoms with Crippen molar-refractivity contribution in [2.24, 2.45) is 0 Å². The molecule has 0 aliphatic rings. The van der Waals surface area contributed by atoms with Gasteiger partial charge >= 0.3 is 5.97 Å². The van der Waals surface area contributed by atoms with Gasteiger partial charge in [0, 0.05) is 12.6 Å². The molecule has 6 heteroatoms. The molecule has 0 aromatic heterocycles. The third kappa shape index (κ3) is 4.42. The average Bonchev–Trinajstić information content (AvgIpc) is 2.46. The standard InChI is InChI=1S/C13H16N2O4/c1-14-11(16)8-10(13(18)19-2)15-12(17)9-6-4-3-5-7-9/h3-7,10H,8H2,1-2H3,(H,14,16)(H,15,17)/t10-/m1/s1. The maximum Gasteiger partial charge on any atom is 0.328 e. The highest BCUT2D eigenvalue weighted by Gasteiger charge is 2.24. The van der Waals surface area contributed by atoms with Crippen molar-refractivity contribution in [2.75, 3.05) is 14.2 Å². The molecular weight excluding hydrogens is 248 g/mol. The van der Waals surface area contributed by atoms with Crippen LogP contribution in [0.15, 0.2) is 30.3 Å². The van der Waals surface area contributed by atoms with Crippen LogP contribution in [-0.4, -0.2) is 38.0 Å². The van der Waals surface area contributed by atoms with E-state index in [-0.39, 0.29) is 12.3 Å². The van der Waals surface area contributed by atoms with Crippen molar-refractivity contribution >= 4 is 17.8 Å². The van der Waals surface area contributed by atoms with Gasteiger partial charge in [0.2, 0.25) is 5.91 Å². The van der Waals surface area contributed by atoms with Crippen molar-refractivity contribution in [3.8, 4) is 0 Å². The smallest absolute Gasteiger partial charge is 0.328 e. The van der Waals surface area contributed by atoms with Gasteiger partial charge < -0.3 is 15.4 Å². The number of ether oxygens (including phenoxy) is 1. The van der Waals surface area contributed by atoms with Crippen LogP contribution in [0.2, 0.25) is 0 Å². The zero-order valence-corrected chi connectivity index (χ0v) is 10.8. The monoisotopic (exact) mass is 264 g/mol. The highest BCUT2D eigenvalue weighted by Crippen LogP contribution is 2.02. The number of amides is 2. The molecule has 0 unspecified atom stereocenters. The van der Waals surface area contributed by atoms with Crippen LogP contribution in [0.1, 0.15) is 16.8 Å². The number of esters is 1. The first-order valence-electron chi connectivity index (χ1n) is 5.72. The highest BCUT2D eigenvalue weighted by atomic mass is 16.5. The van der Waals surface area contributed by atoms with Gasteiger partial charge in [-0.3, -0.25) is 9.59 Å². The largest absolute Gasteiger partial charge is 0.467 e. The van der Waals surface area contributed by atoms with Gasteiger partial charge in [0.15, 0.2) is 0 Å². The summed E-state index contributed by atoms with van der Waals surface area (Å²) in [5.41, 5.74) is 0.410. The van der Waals surface area contributed by atoms with E-state index in [1.807, 2.05) is 0 Å². The Morgan fingerprint density at radius 3 is 2.37 bits per heavy atom. The molecule has 6 nitrogen and oxygen atoms in total. The van der Waals surface area contributed by atoms with Crippen LogP contribution in [0.25, 0.3) is 0 Å². The van der Waals surface area contributed by atoms with Crippen molar-refractivity contribution in [1.29, 1.82) is 0 Å². The summed E-state index contributed by atoms with van der Waals surface area (Å²) in [7, 11) is 2.66. The van der Waals surface area contributed by atoms with E-state index in [0.717, 1.165) is 0 Å². The van der Waals surface area contributed by atoms with E-state index in [9.17, 15) is 14.4 Å². The lowest BCUT2D eigenvalue weighted by Crippen LogP contribution is -2.44. The Labute approximate surface area is 111 Å². The first-order chi connectivity index (χ1) is 9.08. The Hall–Kier alpha value is -2.37. The number of methoxy groups -OCH3 is 1. The normalized spacial score (nSPS) is 11.3. The lowest BCUT2D eigenvalue weighted by Gasteiger charge is -2.15. The Morgan fingerprint density at radius 2 is 1.84 bits per heavy atom. The van der Waals surface area contributed by atoms with Gasteiger partial charge in [0.25, 0.3) is 5.91 Å². The number of carbonyl (C=O) groups is 3. The lowest BCUT2D eigenvalue weighted by molar-refractivity contribution is -0.144. The summed E-state index contributed by atoms with van der Waals surface area (Å²) in [6, 6.07) is 7.42. The quantitative estimate of drug-likeness (QED) is 0.738. The second-order valence-corrected chi connectivity index (χ2v) is 3.79. The number of rotatable bonds is 5. The number of nitrogens with one attached hydrogen (secondary N) is 2. The minimum Gasteiger partial charge on any atom is -0.467 e. The van der Waals surface area contributed by atoms with E-state index >= 15 is 0 Å². The molecule has 0 bridgehead atoms. The zero-order chi connectivity index (χ0) is 14.3. The van der Waals surface area contributed by atoms with Crippen molar-refractivity contribution in [1.82, 2.24) is 10.6 Å². The Balaban J connectivity index is 2.74. The minimum atomic E-state index is -1.00. The maximum absolute atomic E-state index is 11.9. The molecule has 0 heterocycles. The summed E-state index contributed by atoms with van der Waals surface area (Å²) in [4.78, 5) is 34.7. The lowest BCUT2D eigenvalue weighted by atomic mass is 10.1. The predicted molar refractivity (Wildman–Crippen MR) is 68.4 cm³/mol. The van der Waals surface area contributed by atoms with Crippen LogP contribution < -0.4 is 10.6 Å². The summed E-state index contributed by atoms with van der Waals surface area (Å²) in [6.07, 6.45) is -0.165. The summed E-state index contributed by atoms with van der Waals surface area (Å²) < 4.78 is 4.56. The van der Waals surface area contributed by atoms with E-state index < -0.39 is 17.9 Å². The van der Waals surface area contributed by atoms with Crippen LogP contribution in [0.5, 0.6) is 0 Å². The van der Waals surface area contributed by atoms with Gasteiger partial charge in [0.05, 0.1) is 13.5 Å². The van der Waals surface area contributed by atoms with Gasteiger partial charge in [-0.15, -0.1) is 0 Å². The molecule has 1 rings (SSSR count). The highest BCUT2D eigenvalue weighted by molar-refractivity contribution is 5.97. The molecule has 1 aromatic rings. The molecule has 1 aromatic carbocycles. The molecule has 0 aliphatic carbocycles. The van der Waals surface area contributed by atoms with Gasteiger partial charge in [-0.1, -0.05) is 18.2 Å². The number of benzene rings is 1. The molecule has 1 atom stereocenters. The topological polar surface area (TPSA) is 84.5 Å². The van der Waals surface area contributed by atoms with E-state index in [2.05, 4.69) is 15.4 Å². The third-order valence-corrected chi connectivity index (χ3v) is 2.50. The van der Waals surface area contributed by atoms with Crippen LogP contribution in [0.4, 0.5) is 0 Å². The van der Waals surface area contributed by atoms with Gasteiger partial charge in [0.1, 0.15) is 6.04 Å². The van der Waals surface area contributed by atoms with E-state index in [1.54, 1.807) is 30.3 Å². The fourth-order valence-electron chi connectivity index (χ4n) is 1.45. The van der Waals surface area contributed by atoms with Crippen molar-refractivity contribution < 1.29 is 19.1 Å². The number of hydrogen-bond acceptors (Lipinski definition) is 4. The number of hydrogen-bond donors (Lipinski definition) is 2. The molecule has 0 fully saturated rings. The van der Waals surface area contributed by atoms with Gasteiger partial charge in [-0.05, 0) is 12.1 Å². The third-order valence-electron chi connectivity index (χ3n) is 2.50. The molecule has 0 spiro atoms. The number of carbonyl (C=O) groups excluding carboxylic acids is 3. The Bertz CT molecular complexity index is 459. The fraction of sp³-hybridized carbons (Fsp3) is 0.308. The molecule has 0 saturated heterocycles. The van der Waals surface area contributed by atoms with Crippen LogP contribution >= 0.6 is 0 Å². The first-order valence-corrected chi connectivity index (χ1v) is 5.72. The minimum absolute atomic E-state index is 0.165.